The first-order chi connectivity index (χ1) is 15.2. The predicted octanol–water partition coefficient (Wildman–Crippen LogP) is 6.97. The normalized spacial score (nSPS) is 13.1. The highest BCUT2D eigenvalue weighted by Gasteiger charge is 2.14. The Morgan fingerprint density at radius 2 is 0.969 bits per heavy atom. The van der Waals surface area contributed by atoms with Crippen LogP contribution in [-0.4, -0.2) is 35.9 Å². The summed E-state index contributed by atoms with van der Waals surface area (Å²) in [4.78, 5) is 24.5. The second-order valence-corrected chi connectivity index (χ2v) is 10.0. The number of carbonyl (C=O) groups is 2. The Kier molecular flexibility index (Phi) is 10.5. The minimum Gasteiger partial charge on any atom is -0.461 e. The summed E-state index contributed by atoms with van der Waals surface area (Å²) in [5.74, 6) is 0.120. The van der Waals surface area contributed by atoms with Crippen LogP contribution in [0.5, 0.6) is 0 Å². The third kappa shape index (κ3) is 8.84. The van der Waals surface area contributed by atoms with Gasteiger partial charge in [-0.05, 0) is 60.1 Å². The van der Waals surface area contributed by atoms with E-state index in [9.17, 15) is 9.59 Å². The van der Waals surface area contributed by atoms with Gasteiger partial charge in [-0.15, -0.1) is 23.2 Å². The Balaban J connectivity index is 1.91. The van der Waals surface area contributed by atoms with Gasteiger partial charge in [0.2, 0.25) is 0 Å². The van der Waals surface area contributed by atoms with Gasteiger partial charge in [-0.1, -0.05) is 52.0 Å². The zero-order chi connectivity index (χ0) is 23.7. The van der Waals surface area contributed by atoms with Crippen molar-refractivity contribution in [1.29, 1.82) is 0 Å². The minimum absolute atomic E-state index is 0.186. The van der Waals surface area contributed by atoms with Crippen molar-refractivity contribution in [2.75, 3.05) is 13.2 Å². The maximum atomic E-state index is 12.2. The Bertz CT molecular complexity index is 787. The monoisotopic (exact) mass is 478 g/mol. The van der Waals surface area contributed by atoms with Crippen LogP contribution in [0.1, 0.15) is 61.3 Å². The summed E-state index contributed by atoms with van der Waals surface area (Å²) < 4.78 is 10.6. The number of benzene rings is 2. The van der Waals surface area contributed by atoms with E-state index in [0.29, 0.717) is 23.0 Å². The summed E-state index contributed by atoms with van der Waals surface area (Å²) in [6, 6.07) is 14.3. The smallest absolute Gasteiger partial charge is 0.338 e. The molecule has 0 aliphatic rings. The second-order valence-electron chi connectivity index (χ2n) is 8.81. The summed E-state index contributed by atoms with van der Waals surface area (Å²) >= 11 is 12.4. The van der Waals surface area contributed by atoms with Crippen molar-refractivity contribution >= 4 is 35.1 Å². The lowest BCUT2D eigenvalue weighted by Crippen LogP contribution is -2.16. The fraction of sp³-hybridized carbons (Fsp3) is 0.462. The van der Waals surface area contributed by atoms with E-state index in [0.717, 1.165) is 24.0 Å². The molecular weight excluding hydrogens is 447 g/mol. The molecule has 0 saturated carbocycles. The van der Waals surface area contributed by atoms with Crippen molar-refractivity contribution in [1.82, 2.24) is 0 Å². The van der Waals surface area contributed by atoms with Gasteiger partial charge in [0.25, 0.3) is 0 Å². The topological polar surface area (TPSA) is 52.6 Å². The minimum atomic E-state index is -0.390. The van der Waals surface area contributed by atoms with Crippen LogP contribution in [0.2, 0.25) is 0 Å². The van der Waals surface area contributed by atoms with Crippen LogP contribution in [0.4, 0.5) is 0 Å². The molecule has 0 aliphatic carbocycles. The molecule has 174 valence electrons. The van der Waals surface area contributed by atoms with E-state index in [1.165, 1.54) is 0 Å². The lowest BCUT2D eigenvalue weighted by Gasteiger charge is -2.13. The molecule has 0 heterocycles. The third-order valence-corrected chi connectivity index (χ3v) is 5.43. The van der Waals surface area contributed by atoms with E-state index in [1.807, 2.05) is 24.3 Å². The van der Waals surface area contributed by atoms with Gasteiger partial charge in [0, 0.05) is 0 Å². The standard InChI is InChI=1S/C26H32Cl2O4/c1-17(2)13-23(27)15-31-25(29)21-9-5-19(6-10-21)20-7-11-22(12-8-20)26(30)32-16-24(28)14-18(3)4/h5-12,17-18,23-24H,13-16H2,1-4H3. The van der Waals surface area contributed by atoms with E-state index in [-0.39, 0.29) is 35.9 Å². The van der Waals surface area contributed by atoms with Crippen LogP contribution in [0.25, 0.3) is 11.1 Å². The maximum Gasteiger partial charge on any atom is 0.338 e. The molecule has 2 aromatic carbocycles. The zero-order valence-corrected chi connectivity index (χ0v) is 20.7. The van der Waals surface area contributed by atoms with Crippen LogP contribution in [0, 0.1) is 11.8 Å². The summed E-state index contributed by atoms with van der Waals surface area (Å²) in [7, 11) is 0. The third-order valence-electron chi connectivity index (χ3n) is 4.82. The van der Waals surface area contributed by atoms with Crippen molar-refractivity contribution in [3.63, 3.8) is 0 Å². The number of halogens is 2. The lowest BCUT2D eigenvalue weighted by atomic mass is 10.0. The van der Waals surface area contributed by atoms with Gasteiger partial charge in [-0.25, -0.2) is 9.59 Å². The van der Waals surface area contributed by atoms with Gasteiger partial charge >= 0.3 is 11.9 Å². The van der Waals surface area contributed by atoms with Crippen LogP contribution in [0.15, 0.2) is 48.5 Å². The van der Waals surface area contributed by atoms with Crippen molar-refractivity contribution in [2.24, 2.45) is 11.8 Å². The first kappa shape index (κ1) is 26.2. The summed E-state index contributed by atoms with van der Waals surface area (Å²) in [6.07, 6.45) is 1.59. The summed E-state index contributed by atoms with van der Waals surface area (Å²) in [5.41, 5.74) is 2.79. The molecule has 2 unspecified atom stereocenters. The molecule has 6 heteroatoms. The molecule has 0 saturated heterocycles. The highest BCUT2D eigenvalue weighted by molar-refractivity contribution is 6.21. The fourth-order valence-electron chi connectivity index (χ4n) is 3.26. The highest BCUT2D eigenvalue weighted by Crippen LogP contribution is 2.22. The predicted molar refractivity (Wildman–Crippen MR) is 131 cm³/mol. The summed E-state index contributed by atoms with van der Waals surface area (Å²) in [5, 5.41) is -0.372. The number of ether oxygens (including phenoxy) is 2. The van der Waals surface area contributed by atoms with Crippen molar-refractivity contribution in [3.05, 3.63) is 59.7 Å². The van der Waals surface area contributed by atoms with Crippen LogP contribution in [-0.2, 0) is 9.47 Å². The molecule has 0 aromatic heterocycles. The number of carbonyl (C=O) groups excluding carboxylic acids is 2. The van der Waals surface area contributed by atoms with Gasteiger partial charge in [0.1, 0.15) is 13.2 Å². The molecule has 0 bridgehead atoms. The molecule has 4 nitrogen and oxygen atoms in total. The SMILES string of the molecule is CC(C)CC(Cl)COC(=O)c1ccc(-c2ccc(C(=O)OCC(Cl)CC(C)C)cc2)cc1. The number of rotatable bonds is 11. The number of esters is 2. The molecule has 32 heavy (non-hydrogen) atoms. The quantitative estimate of drug-likeness (QED) is 0.258. The molecule has 0 aliphatic heterocycles. The van der Waals surface area contributed by atoms with Crippen LogP contribution in [0.3, 0.4) is 0 Å². The molecular formula is C26H32Cl2O4. The van der Waals surface area contributed by atoms with Crippen molar-refractivity contribution in [3.8, 4) is 11.1 Å². The number of alkyl halides is 2. The van der Waals surface area contributed by atoms with E-state index in [1.54, 1.807) is 24.3 Å². The highest BCUT2D eigenvalue weighted by atomic mass is 35.5. The van der Waals surface area contributed by atoms with Gasteiger partial charge in [0.05, 0.1) is 21.9 Å². The zero-order valence-electron chi connectivity index (χ0n) is 19.1. The van der Waals surface area contributed by atoms with E-state index in [4.69, 9.17) is 32.7 Å². The lowest BCUT2D eigenvalue weighted by molar-refractivity contribution is 0.0490. The molecule has 0 fully saturated rings. The Hall–Kier alpha value is -2.04. The fourth-order valence-corrected chi connectivity index (χ4v) is 4.09. The molecule has 0 radical (unpaired) electrons. The van der Waals surface area contributed by atoms with Gasteiger partial charge in [-0.3, -0.25) is 0 Å². The van der Waals surface area contributed by atoms with Gasteiger partial charge in [-0.2, -0.15) is 0 Å². The molecule has 0 spiro atoms. The molecule has 2 rings (SSSR count). The van der Waals surface area contributed by atoms with Gasteiger partial charge < -0.3 is 9.47 Å². The maximum absolute atomic E-state index is 12.2. The van der Waals surface area contributed by atoms with Crippen LogP contribution >= 0.6 is 23.2 Å². The molecule has 0 N–H and O–H groups in total. The van der Waals surface area contributed by atoms with E-state index >= 15 is 0 Å². The summed E-state index contributed by atoms with van der Waals surface area (Å²) in [6.45, 7) is 8.70. The molecule has 2 aromatic rings. The first-order valence-electron chi connectivity index (χ1n) is 11.0. The second kappa shape index (κ2) is 12.9. The molecule has 2 atom stereocenters. The Morgan fingerprint density at radius 3 is 1.25 bits per heavy atom. The number of hydrogen-bond acceptors (Lipinski definition) is 4. The average Bonchev–Trinajstić information content (AvgIpc) is 2.75. The average molecular weight is 479 g/mol. The van der Waals surface area contributed by atoms with E-state index in [2.05, 4.69) is 27.7 Å². The van der Waals surface area contributed by atoms with E-state index < -0.39 is 0 Å². The van der Waals surface area contributed by atoms with Gasteiger partial charge in [0.15, 0.2) is 0 Å². The first-order valence-corrected chi connectivity index (χ1v) is 11.9. The van der Waals surface area contributed by atoms with Crippen molar-refractivity contribution in [2.45, 2.75) is 51.3 Å². The Morgan fingerprint density at radius 1 is 0.656 bits per heavy atom. The largest absolute Gasteiger partial charge is 0.461 e. The number of hydrogen-bond donors (Lipinski definition) is 0. The molecule has 0 amide bonds. The van der Waals surface area contributed by atoms with Crippen molar-refractivity contribution < 1.29 is 19.1 Å². The Labute approximate surface area is 201 Å². The van der Waals surface area contributed by atoms with Crippen LogP contribution < -0.4 is 0 Å².